The molecule has 1 saturated heterocycles. The Morgan fingerprint density at radius 1 is 1.36 bits per heavy atom. The van der Waals surface area contributed by atoms with Crippen molar-refractivity contribution in [1.82, 2.24) is 20.7 Å². The first kappa shape index (κ1) is 20.5. The molecule has 1 fully saturated rings. The van der Waals surface area contributed by atoms with E-state index in [-0.39, 0.29) is 0 Å². The zero-order valence-corrected chi connectivity index (χ0v) is 17.3. The van der Waals surface area contributed by atoms with Crippen LogP contribution in [0.2, 0.25) is 0 Å². The summed E-state index contributed by atoms with van der Waals surface area (Å²) >= 11 is 0. The molecule has 2 aromatic heterocycles. The number of likely N-dealkylation sites (N-methyl/N-ethyl adjacent to an activating group) is 1. The van der Waals surface area contributed by atoms with Gasteiger partial charge in [0.1, 0.15) is 12.3 Å². The van der Waals surface area contributed by atoms with Gasteiger partial charge in [0, 0.05) is 31.6 Å². The lowest BCUT2D eigenvalue weighted by molar-refractivity contribution is 0.267. The fourth-order valence-electron chi connectivity index (χ4n) is 3.52. The monoisotopic (exact) mass is 387 g/mol. The van der Waals surface area contributed by atoms with Crippen LogP contribution >= 0.6 is 0 Å². The van der Waals surface area contributed by atoms with Crippen LogP contribution in [0.5, 0.6) is 0 Å². The predicted octanol–water partition coefficient (Wildman–Crippen LogP) is 3.15. The highest BCUT2D eigenvalue weighted by Crippen LogP contribution is 2.16. The Hall–Kier alpha value is -2.28. The van der Waals surface area contributed by atoms with Crippen LogP contribution in [0.15, 0.2) is 38.4 Å². The summed E-state index contributed by atoms with van der Waals surface area (Å²) in [5.74, 6) is 2.91. The topological polar surface area (TPSA) is 78.8 Å². The van der Waals surface area contributed by atoms with Crippen LogP contribution in [-0.2, 0) is 13.0 Å². The van der Waals surface area contributed by atoms with Gasteiger partial charge in [-0.15, -0.1) is 0 Å². The minimum atomic E-state index is 0.355. The first-order valence-electron chi connectivity index (χ1n) is 10.4. The van der Waals surface area contributed by atoms with Crippen LogP contribution < -0.4 is 10.6 Å². The van der Waals surface area contributed by atoms with Crippen molar-refractivity contribution in [2.24, 2.45) is 4.99 Å². The molecule has 154 valence electrons. The van der Waals surface area contributed by atoms with Crippen molar-refractivity contribution in [2.45, 2.75) is 58.5 Å². The Bertz CT molecular complexity index is 723. The lowest BCUT2D eigenvalue weighted by Gasteiger charge is -2.24. The Labute approximate surface area is 167 Å². The second kappa shape index (κ2) is 10.3. The third kappa shape index (κ3) is 5.86. The van der Waals surface area contributed by atoms with E-state index in [4.69, 9.17) is 13.9 Å². The molecule has 0 aliphatic carbocycles. The summed E-state index contributed by atoms with van der Waals surface area (Å²) in [4.78, 5) is 7.24. The van der Waals surface area contributed by atoms with Crippen LogP contribution in [0.4, 0.5) is 0 Å². The van der Waals surface area contributed by atoms with E-state index in [2.05, 4.69) is 41.5 Å². The highest BCUT2D eigenvalue weighted by atomic mass is 16.5. The van der Waals surface area contributed by atoms with Crippen molar-refractivity contribution >= 4 is 5.96 Å². The van der Waals surface area contributed by atoms with Crippen LogP contribution in [0.1, 0.15) is 56.7 Å². The molecule has 0 amide bonds. The summed E-state index contributed by atoms with van der Waals surface area (Å²) in [6.45, 7) is 10.9. The van der Waals surface area contributed by atoms with Gasteiger partial charge in [0.2, 0.25) is 0 Å². The SMILES string of the molecule is CCN1CCCC1CNC(=NCc1cc(C(C)C)no1)NCCc1ccco1. The maximum absolute atomic E-state index is 5.42. The molecule has 7 heteroatoms. The predicted molar refractivity (Wildman–Crippen MR) is 110 cm³/mol. The molecule has 2 aromatic rings. The van der Waals surface area contributed by atoms with E-state index in [1.165, 1.54) is 19.4 Å². The zero-order chi connectivity index (χ0) is 19.8. The number of guanidine groups is 1. The van der Waals surface area contributed by atoms with Gasteiger partial charge in [0.25, 0.3) is 0 Å². The molecule has 1 atom stereocenters. The first-order valence-corrected chi connectivity index (χ1v) is 10.4. The number of hydrogen-bond donors (Lipinski definition) is 2. The number of nitrogens with one attached hydrogen (secondary N) is 2. The van der Waals surface area contributed by atoms with E-state index in [9.17, 15) is 0 Å². The van der Waals surface area contributed by atoms with E-state index < -0.39 is 0 Å². The summed E-state index contributed by atoms with van der Waals surface area (Å²) in [5, 5.41) is 11.0. The van der Waals surface area contributed by atoms with Gasteiger partial charge in [-0.05, 0) is 44.0 Å². The van der Waals surface area contributed by atoms with Crippen molar-refractivity contribution in [3.05, 3.63) is 41.7 Å². The third-order valence-electron chi connectivity index (χ3n) is 5.22. The number of aliphatic imine (C=N–C) groups is 1. The molecule has 0 spiro atoms. The summed E-state index contributed by atoms with van der Waals surface area (Å²) in [6, 6.07) is 6.47. The van der Waals surface area contributed by atoms with Gasteiger partial charge in [-0.2, -0.15) is 0 Å². The number of furan rings is 1. The van der Waals surface area contributed by atoms with E-state index >= 15 is 0 Å². The largest absolute Gasteiger partial charge is 0.469 e. The molecule has 3 heterocycles. The Balaban J connectivity index is 1.57. The maximum atomic E-state index is 5.42. The minimum absolute atomic E-state index is 0.355. The molecular formula is C21H33N5O2. The highest BCUT2D eigenvalue weighted by Gasteiger charge is 2.22. The molecular weight excluding hydrogens is 354 g/mol. The minimum Gasteiger partial charge on any atom is -0.469 e. The summed E-state index contributed by atoms with van der Waals surface area (Å²) in [7, 11) is 0. The van der Waals surface area contributed by atoms with Crippen molar-refractivity contribution in [1.29, 1.82) is 0 Å². The number of likely N-dealkylation sites (tertiary alicyclic amines) is 1. The number of rotatable bonds is 9. The summed E-state index contributed by atoms with van der Waals surface area (Å²) in [5.41, 5.74) is 0.968. The molecule has 0 bridgehead atoms. The van der Waals surface area contributed by atoms with Crippen LogP contribution in [0.25, 0.3) is 0 Å². The van der Waals surface area contributed by atoms with Gasteiger partial charge in [-0.25, -0.2) is 4.99 Å². The van der Waals surface area contributed by atoms with Crippen molar-refractivity contribution < 1.29 is 8.94 Å². The number of hydrogen-bond acceptors (Lipinski definition) is 5. The molecule has 1 unspecified atom stereocenters. The molecule has 0 saturated carbocycles. The highest BCUT2D eigenvalue weighted by molar-refractivity contribution is 5.79. The van der Waals surface area contributed by atoms with Gasteiger partial charge >= 0.3 is 0 Å². The Morgan fingerprint density at radius 2 is 2.25 bits per heavy atom. The third-order valence-corrected chi connectivity index (χ3v) is 5.22. The van der Waals surface area contributed by atoms with E-state index in [0.29, 0.717) is 18.5 Å². The van der Waals surface area contributed by atoms with Crippen LogP contribution in [-0.4, -0.2) is 48.2 Å². The van der Waals surface area contributed by atoms with Gasteiger partial charge in [0.05, 0.1) is 12.0 Å². The van der Waals surface area contributed by atoms with Gasteiger partial charge in [0.15, 0.2) is 11.7 Å². The molecule has 3 rings (SSSR count). The first-order chi connectivity index (χ1) is 13.7. The summed E-state index contributed by atoms with van der Waals surface area (Å²) < 4.78 is 10.8. The van der Waals surface area contributed by atoms with Gasteiger partial charge < -0.3 is 19.6 Å². The standard InChI is InChI=1S/C21H33N5O2/c1-4-26-11-5-7-17(26)14-23-21(22-10-9-18-8-6-12-27-18)24-15-19-13-20(16(2)3)25-28-19/h6,8,12-13,16-17H,4-5,7,9-11,14-15H2,1-3H3,(H2,22,23,24). The normalized spacial score (nSPS) is 18.1. The number of nitrogens with zero attached hydrogens (tertiary/aromatic N) is 3. The zero-order valence-electron chi connectivity index (χ0n) is 17.3. The maximum Gasteiger partial charge on any atom is 0.191 e. The van der Waals surface area contributed by atoms with E-state index in [1.54, 1.807) is 6.26 Å². The fourth-order valence-corrected chi connectivity index (χ4v) is 3.52. The molecule has 28 heavy (non-hydrogen) atoms. The van der Waals surface area contributed by atoms with Gasteiger partial charge in [-0.3, -0.25) is 4.90 Å². The van der Waals surface area contributed by atoms with Crippen LogP contribution in [0.3, 0.4) is 0 Å². The van der Waals surface area contributed by atoms with Crippen LogP contribution in [0, 0.1) is 0 Å². The smallest absolute Gasteiger partial charge is 0.191 e. The lowest BCUT2D eigenvalue weighted by Crippen LogP contribution is -2.45. The van der Waals surface area contributed by atoms with Crippen molar-refractivity contribution in [3.8, 4) is 0 Å². The molecule has 2 N–H and O–H groups in total. The van der Waals surface area contributed by atoms with Gasteiger partial charge in [-0.1, -0.05) is 25.9 Å². The number of aromatic nitrogens is 1. The molecule has 0 radical (unpaired) electrons. The van der Waals surface area contributed by atoms with Crippen molar-refractivity contribution in [3.63, 3.8) is 0 Å². The molecule has 1 aliphatic rings. The van der Waals surface area contributed by atoms with E-state index in [1.807, 2.05) is 18.2 Å². The van der Waals surface area contributed by atoms with E-state index in [0.717, 1.165) is 49.2 Å². The quantitative estimate of drug-likeness (QED) is 0.508. The lowest BCUT2D eigenvalue weighted by atomic mass is 10.1. The average molecular weight is 388 g/mol. The summed E-state index contributed by atoms with van der Waals surface area (Å²) in [6.07, 6.45) is 5.03. The second-order valence-electron chi connectivity index (χ2n) is 7.60. The van der Waals surface area contributed by atoms with Crippen molar-refractivity contribution in [2.75, 3.05) is 26.2 Å². The molecule has 7 nitrogen and oxygen atoms in total. The Morgan fingerprint density at radius 3 is 2.96 bits per heavy atom. The average Bonchev–Trinajstić information content (AvgIpc) is 3.45. The molecule has 1 aliphatic heterocycles. The Kier molecular flexibility index (Phi) is 7.54. The second-order valence-corrected chi connectivity index (χ2v) is 7.60. The fraction of sp³-hybridized carbons (Fsp3) is 0.619. The molecule has 0 aromatic carbocycles.